The predicted octanol–water partition coefficient (Wildman–Crippen LogP) is 3.87. The first-order valence-corrected chi connectivity index (χ1v) is 14.4. The first kappa shape index (κ1) is 28.2. The number of aliphatic hydroxyl groups is 1. The van der Waals surface area contributed by atoms with Crippen molar-refractivity contribution in [2.24, 2.45) is 5.92 Å². The number of nitrogens with zero attached hydrogens (tertiary/aromatic N) is 3. The molecule has 0 radical (unpaired) electrons. The lowest BCUT2D eigenvalue weighted by Crippen LogP contribution is -2.79. The van der Waals surface area contributed by atoms with Crippen LogP contribution < -0.4 is 15.4 Å². The second-order valence-corrected chi connectivity index (χ2v) is 11.9. The fourth-order valence-electron chi connectivity index (χ4n) is 5.13. The number of halogens is 2. The summed E-state index contributed by atoms with van der Waals surface area (Å²) in [6.45, 7) is 5.17. The average Bonchev–Trinajstić information content (AvgIpc) is 2.87. The zero-order valence-electron chi connectivity index (χ0n) is 21.4. The van der Waals surface area contributed by atoms with Gasteiger partial charge in [-0.2, -0.15) is 0 Å². The Labute approximate surface area is 234 Å². The summed E-state index contributed by atoms with van der Waals surface area (Å²) < 4.78 is 8.18. The van der Waals surface area contributed by atoms with Crippen molar-refractivity contribution >= 4 is 54.6 Å². The Bertz CT molecular complexity index is 1130. The molecule has 2 aliphatic heterocycles. The number of aliphatic hydroxyl groups excluding tert-OH is 1. The smallest absolute Gasteiger partial charge is 0.327 e. The van der Waals surface area contributed by atoms with E-state index >= 15 is 0 Å². The normalized spacial score (nSPS) is 24.2. The van der Waals surface area contributed by atoms with Crippen LogP contribution in [0.4, 0.5) is 4.79 Å². The minimum absolute atomic E-state index is 0.0476. The van der Waals surface area contributed by atoms with Crippen LogP contribution in [-0.2, 0) is 4.79 Å². The molecule has 0 aliphatic carbocycles. The van der Waals surface area contributed by atoms with Crippen molar-refractivity contribution in [2.75, 3.05) is 26.8 Å². The van der Waals surface area contributed by atoms with Gasteiger partial charge in [0.15, 0.2) is 0 Å². The maximum absolute atomic E-state index is 13.1. The van der Waals surface area contributed by atoms with Crippen LogP contribution in [0.1, 0.15) is 39.5 Å². The summed E-state index contributed by atoms with van der Waals surface area (Å²) in [5, 5.41) is 18.3. The lowest BCUT2D eigenvalue weighted by molar-refractivity contribution is -0.138. The van der Waals surface area contributed by atoms with E-state index in [1.807, 2.05) is 12.1 Å². The van der Waals surface area contributed by atoms with Gasteiger partial charge in [0.05, 0.1) is 10.5 Å². The number of likely N-dealkylation sites (N-methyl/N-ethyl adjacent to an activating group) is 1. The molecule has 2 saturated heterocycles. The Balaban J connectivity index is 1.60. The first-order chi connectivity index (χ1) is 17.7. The fraction of sp³-hybridized carbons (Fsp3) is 0.577. The van der Waals surface area contributed by atoms with Gasteiger partial charge in [0.1, 0.15) is 24.6 Å². The zero-order chi connectivity index (χ0) is 26.7. The van der Waals surface area contributed by atoms with Crippen LogP contribution in [0.2, 0.25) is 0 Å². The van der Waals surface area contributed by atoms with Gasteiger partial charge in [0.25, 0.3) is 5.91 Å². The summed E-state index contributed by atoms with van der Waals surface area (Å²) >= 11 is 7.25. The van der Waals surface area contributed by atoms with Gasteiger partial charge in [0.2, 0.25) is 0 Å². The van der Waals surface area contributed by atoms with Crippen LogP contribution in [-0.4, -0.2) is 82.9 Å². The number of piperazine rings is 1. The van der Waals surface area contributed by atoms with E-state index in [-0.39, 0.29) is 36.5 Å². The number of benzene rings is 1. The van der Waals surface area contributed by atoms with Crippen LogP contribution in [0.3, 0.4) is 0 Å². The number of pyridine rings is 1. The summed E-state index contributed by atoms with van der Waals surface area (Å²) in [6, 6.07) is 2.85. The maximum Gasteiger partial charge on any atom is 0.327 e. The van der Waals surface area contributed by atoms with Gasteiger partial charge in [-0.25, -0.2) is 4.79 Å². The van der Waals surface area contributed by atoms with Gasteiger partial charge in [-0.05, 0) is 46.8 Å². The molecule has 2 fully saturated rings. The lowest BCUT2D eigenvalue weighted by atomic mass is 9.93. The summed E-state index contributed by atoms with van der Waals surface area (Å²) in [6.07, 6.45) is 6.44. The van der Waals surface area contributed by atoms with Crippen LogP contribution >= 0.6 is 31.9 Å². The molecule has 2 aliphatic rings. The summed E-state index contributed by atoms with van der Waals surface area (Å²) in [5.74, 6) is 0.743. The number of nitrogens with one attached hydrogen (secondary N) is 2. The Morgan fingerprint density at radius 3 is 2.62 bits per heavy atom. The highest BCUT2D eigenvalue weighted by Crippen LogP contribution is 2.38. The molecule has 1 aromatic heterocycles. The summed E-state index contributed by atoms with van der Waals surface area (Å²) in [5.41, 5.74) is 0. The number of amides is 3. The predicted molar refractivity (Wildman–Crippen MR) is 149 cm³/mol. The lowest BCUT2D eigenvalue weighted by Gasteiger charge is -2.51. The molecule has 1 aromatic carbocycles. The second-order valence-electron chi connectivity index (χ2n) is 10.2. The molecule has 202 valence electrons. The van der Waals surface area contributed by atoms with Crippen LogP contribution in [0.15, 0.2) is 33.5 Å². The molecule has 0 bridgehead atoms. The zero-order valence-corrected chi connectivity index (χ0v) is 24.6. The van der Waals surface area contributed by atoms with Crippen LogP contribution in [0.5, 0.6) is 5.75 Å². The van der Waals surface area contributed by atoms with Gasteiger partial charge in [-0.3, -0.25) is 25.3 Å². The second kappa shape index (κ2) is 12.4. The Morgan fingerprint density at radius 1 is 1.11 bits per heavy atom. The molecule has 4 unspecified atom stereocenters. The number of carbonyl (C=O) groups is 2. The van der Waals surface area contributed by atoms with Gasteiger partial charge in [-0.1, -0.05) is 42.6 Å². The number of aromatic nitrogens is 1. The van der Waals surface area contributed by atoms with E-state index in [2.05, 4.69) is 61.3 Å². The third kappa shape index (κ3) is 6.11. The summed E-state index contributed by atoms with van der Waals surface area (Å²) in [7, 11) is 1.55. The molecule has 4 atom stereocenters. The number of ether oxygens (including phenoxy) is 1. The van der Waals surface area contributed by atoms with Crippen molar-refractivity contribution in [3.8, 4) is 5.75 Å². The van der Waals surface area contributed by atoms with Crippen molar-refractivity contribution in [2.45, 2.75) is 63.8 Å². The highest BCUT2D eigenvalue weighted by atomic mass is 79.9. The van der Waals surface area contributed by atoms with E-state index in [9.17, 15) is 14.7 Å². The minimum atomic E-state index is -0.535. The van der Waals surface area contributed by atoms with Crippen molar-refractivity contribution < 1.29 is 19.4 Å². The molecule has 4 rings (SSSR count). The van der Waals surface area contributed by atoms with Crippen molar-refractivity contribution in [1.29, 1.82) is 0 Å². The number of hydrogen-bond acceptors (Lipinski definition) is 7. The molecule has 11 heteroatoms. The fourth-order valence-corrected chi connectivity index (χ4v) is 6.54. The van der Waals surface area contributed by atoms with E-state index in [4.69, 9.17) is 4.74 Å². The monoisotopic (exact) mass is 639 g/mol. The van der Waals surface area contributed by atoms with Crippen molar-refractivity contribution in [3.63, 3.8) is 0 Å². The Hall–Kier alpha value is -1.79. The number of unbranched alkanes of at least 4 members (excludes halogenated alkanes) is 2. The SMILES string of the molecule is CC(C)CN1C(=O)N(C)C(=O)C2NC(CCCCCO)C(COc3c(Br)cc(Br)c4cnccc34)NC21. The molecule has 9 nitrogen and oxygen atoms in total. The van der Waals surface area contributed by atoms with Gasteiger partial charge in [0, 0.05) is 53.9 Å². The van der Waals surface area contributed by atoms with Crippen molar-refractivity contribution in [3.05, 3.63) is 33.5 Å². The van der Waals surface area contributed by atoms with Crippen LogP contribution in [0.25, 0.3) is 10.8 Å². The van der Waals surface area contributed by atoms with E-state index in [0.29, 0.717) is 13.2 Å². The number of urea groups is 1. The van der Waals surface area contributed by atoms with Crippen molar-refractivity contribution in [1.82, 2.24) is 25.4 Å². The minimum Gasteiger partial charge on any atom is -0.490 e. The number of rotatable bonds is 10. The first-order valence-electron chi connectivity index (χ1n) is 12.8. The largest absolute Gasteiger partial charge is 0.490 e. The van der Waals surface area contributed by atoms with Gasteiger partial charge < -0.3 is 14.7 Å². The average molecular weight is 641 g/mol. The topological polar surface area (TPSA) is 107 Å². The molecular weight excluding hydrogens is 606 g/mol. The Morgan fingerprint density at radius 2 is 1.89 bits per heavy atom. The maximum atomic E-state index is 13.1. The van der Waals surface area contributed by atoms with E-state index in [0.717, 1.165) is 51.2 Å². The molecule has 3 N–H and O–H groups in total. The molecular formula is C26H35Br2N5O4. The molecule has 3 heterocycles. The third-order valence-electron chi connectivity index (χ3n) is 6.98. The van der Waals surface area contributed by atoms with Gasteiger partial charge in [-0.15, -0.1) is 0 Å². The van der Waals surface area contributed by atoms with Crippen LogP contribution in [0, 0.1) is 5.92 Å². The molecule has 2 aromatic rings. The number of fused-ring (bicyclic) bond motifs is 2. The van der Waals surface area contributed by atoms with E-state index in [1.165, 1.54) is 4.90 Å². The molecule has 0 saturated carbocycles. The Kier molecular flexibility index (Phi) is 9.44. The quantitative estimate of drug-likeness (QED) is 0.339. The number of imide groups is 1. The number of carbonyl (C=O) groups excluding carboxylic acids is 2. The molecule has 0 spiro atoms. The number of hydrogen-bond donors (Lipinski definition) is 3. The highest BCUT2D eigenvalue weighted by Gasteiger charge is 2.50. The van der Waals surface area contributed by atoms with E-state index in [1.54, 1.807) is 24.3 Å². The summed E-state index contributed by atoms with van der Waals surface area (Å²) in [4.78, 5) is 33.4. The molecule has 3 amide bonds. The van der Waals surface area contributed by atoms with Gasteiger partial charge >= 0.3 is 6.03 Å². The third-order valence-corrected chi connectivity index (χ3v) is 8.23. The molecule has 37 heavy (non-hydrogen) atoms. The standard InChI is InChI=1S/C26H35Br2N5O4/c1-15(2)13-33-24-22(25(35)32(3)26(33)36)30-20(7-5-4-6-10-34)21(31-24)14-37-23-16-8-9-29-12-17(16)18(27)11-19(23)28/h8-9,11-12,15,20-22,24,30-31,34H,4-7,10,13-14H2,1-3H3. The highest BCUT2D eigenvalue weighted by molar-refractivity contribution is 9.11. The van der Waals surface area contributed by atoms with E-state index < -0.39 is 12.2 Å².